The van der Waals surface area contributed by atoms with Crippen molar-refractivity contribution >= 4 is 17.4 Å². The molecule has 0 saturated carbocycles. The molecule has 0 atom stereocenters. The summed E-state index contributed by atoms with van der Waals surface area (Å²) in [6, 6.07) is 0. The molecule has 0 aliphatic heterocycles. The van der Waals surface area contributed by atoms with Crippen LogP contribution in [-0.2, 0) is 19.1 Å². The number of aromatic nitrogens is 2. The topological polar surface area (TPSA) is 61.0 Å². The fourth-order valence-corrected chi connectivity index (χ4v) is 1.37. The number of alkyl halides is 4. The van der Waals surface area contributed by atoms with Crippen LogP contribution >= 0.6 is 11.6 Å². The lowest BCUT2D eigenvalue weighted by atomic mass is 10.5. The maximum atomic E-state index is 12.3. The van der Waals surface area contributed by atoms with Crippen LogP contribution in [0.4, 0.5) is 19.0 Å². The first kappa shape index (κ1) is 11.8. The van der Waals surface area contributed by atoms with Gasteiger partial charge in [0.25, 0.3) is 0 Å². The van der Waals surface area contributed by atoms with E-state index in [1.54, 1.807) is 0 Å². The molecular weight excluding hydrogens is 239 g/mol. The molecule has 0 N–H and O–H groups in total. The van der Waals surface area contributed by atoms with Crippen LogP contribution in [0.15, 0.2) is 0 Å². The zero-order valence-electron chi connectivity index (χ0n) is 7.38. The largest absolute Gasteiger partial charge is 0.475 e. The van der Waals surface area contributed by atoms with Gasteiger partial charge in [-0.3, -0.25) is 4.57 Å². The van der Waals surface area contributed by atoms with Gasteiger partial charge in [0.2, 0.25) is 0 Å². The van der Waals surface area contributed by atoms with Gasteiger partial charge in [-0.1, -0.05) is 0 Å². The molecule has 84 valence electrons. The summed E-state index contributed by atoms with van der Waals surface area (Å²) in [6.45, 7) is 0. The van der Waals surface area contributed by atoms with Crippen LogP contribution in [-0.4, -0.2) is 14.5 Å². The number of hydrogen-bond acceptors (Lipinski definition) is 3. The van der Waals surface area contributed by atoms with Crippen molar-refractivity contribution < 1.29 is 18.1 Å². The van der Waals surface area contributed by atoms with Gasteiger partial charge >= 0.3 is 17.8 Å². The van der Waals surface area contributed by atoms with Crippen LogP contribution in [0.2, 0.25) is 0 Å². The highest BCUT2D eigenvalue weighted by molar-refractivity contribution is 6.17. The van der Waals surface area contributed by atoms with Gasteiger partial charge < -0.3 is 10.1 Å². The monoisotopic (exact) mass is 243 g/mol. The van der Waals surface area contributed by atoms with Gasteiger partial charge in [-0.2, -0.15) is 13.2 Å². The van der Waals surface area contributed by atoms with Gasteiger partial charge in [0, 0.05) is 7.05 Å². The first-order chi connectivity index (χ1) is 6.79. The van der Waals surface area contributed by atoms with Crippen LogP contribution in [0.1, 0.15) is 11.5 Å². The summed E-state index contributed by atoms with van der Waals surface area (Å²) in [4.78, 5) is 12.3. The highest BCUT2D eigenvalue weighted by Crippen LogP contribution is 2.32. The molecule has 1 rings (SSSR count). The van der Waals surface area contributed by atoms with E-state index in [-0.39, 0.29) is 5.69 Å². The van der Waals surface area contributed by atoms with Crippen LogP contribution in [0.25, 0.3) is 0 Å². The molecule has 0 aliphatic rings. The van der Waals surface area contributed by atoms with E-state index in [0.29, 0.717) is 4.57 Å². The van der Waals surface area contributed by atoms with Gasteiger partial charge in [0.15, 0.2) is 0 Å². The summed E-state index contributed by atoms with van der Waals surface area (Å²) in [7, 11) is 1.03. The molecule has 0 fully saturated rings. The Labute approximate surface area is 86.6 Å². The molecule has 1 aromatic rings. The minimum atomic E-state index is -4.73. The third-order valence-electron chi connectivity index (χ3n) is 1.75. The molecule has 0 bridgehead atoms. The van der Waals surface area contributed by atoms with E-state index in [9.17, 15) is 23.3 Å². The van der Waals surface area contributed by atoms with E-state index in [2.05, 4.69) is 4.98 Å². The van der Waals surface area contributed by atoms with Crippen molar-refractivity contribution in [1.29, 1.82) is 0 Å². The SMILES string of the molecule is Cn1c(C(F)(F)F)nc([N+](=O)[O-])c1CCl. The molecule has 5 nitrogen and oxygen atoms in total. The maximum Gasteiger partial charge on any atom is 0.475 e. The Morgan fingerprint density at radius 1 is 1.60 bits per heavy atom. The summed E-state index contributed by atoms with van der Waals surface area (Å²) in [5.41, 5.74) is -0.269. The van der Waals surface area contributed by atoms with Gasteiger partial charge in [0.05, 0.1) is 5.88 Å². The average molecular weight is 244 g/mol. The number of nitro groups is 1. The minimum Gasteiger partial charge on any atom is -0.358 e. The maximum absolute atomic E-state index is 12.3. The van der Waals surface area contributed by atoms with Gasteiger partial charge in [-0.15, -0.1) is 11.6 Å². The second kappa shape index (κ2) is 3.69. The number of nitrogens with zero attached hydrogens (tertiary/aromatic N) is 3. The van der Waals surface area contributed by atoms with Gasteiger partial charge in [-0.05, 0) is 9.91 Å². The quantitative estimate of drug-likeness (QED) is 0.454. The number of halogens is 4. The molecule has 0 amide bonds. The van der Waals surface area contributed by atoms with Crippen molar-refractivity contribution in [2.45, 2.75) is 12.1 Å². The summed E-state index contributed by atoms with van der Waals surface area (Å²) < 4.78 is 37.5. The molecule has 0 aliphatic carbocycles. The predicted molar refractivity (Wildman–Crippen MR) is 44.4 cm³/mol. The Morgan fingerprint density at radius 2 is 2.13 bits per heavy atom. The Balaban J connectivity index is 3.40. The lowest BCUT2D eigenvalue weighted by Crippen LogP contribution is -2.13. The van der Waals surface area contributed by atoms with Gasteiger partial charge in [-0.25, -0.2) is 0 Å². The molecule has 0 radical (unpaired) electrons. The molecule has 9 heteroatoms. The van der Waals surface area contributed by atoms with Crippen LogP contribution in [0.3, 0.4) is 0 Å². The molecular formula is C6H5ClF3N3O2. The average Bonchev–Trinajstić information content (AvgIpc) is 2.41. The van der Waals surface area contributed by atoms with E-state index in [4.69, 9.17) is 11.6 Å². The van der Waals surface area contributed by atoms with Crippen molar-refractivity contribution in [2.75, 3.05) is 0 Å². The summed E-state index contributed by atoms with van der Waals surface area (Å²) in [6.07, 6.45) is -4.73. The smallest absolute Gasteiger partial charge is 0.358 e. The van der Waals surface area contributed by atoms with Crippen LogP contribution in [0, 0.1) is 10.1 Å². The molecule has 1 heterocycles. The predicted octanol–water partition coefficient (Wildman–Crippen LogP) is 2.09. The third kappa shape index (κ3) is 2.04. The van der Waals surface area contributed by atoms with Crippen molar-refractivity contribution in [3.8, 4) is 0 Å². The number of rotatable bonds is 2. The first-order valence-electron chi connectivity index (χ1n) is 3.62. The standard InChI is InChI=1S/C6H5ClF3N3O2/c1-12-3(2-7)4(13(14)15)11-5(12)6(8,9)10/h2H2,1H3. The lowest BCUT2D eigenvalue weighted by Gasteiger charge is -2.02. The van der Waals surface area contributed by atoms with E-state index in [1.807, 2.05) is 0 Å². The Bertz CT molecular complexity index is 401. The normalized spacial score (nSPS) is 11.8. The second-order valence-corrected chi connectivity index (χ2v) is 2.92. The van der Waals surface area contributed by atoms with Crippen LogP contribution < -0.4 is 0 Å². The Morgan fingerprint density at radius 3 is 2.40 bits per heavy atom. The molecule has 0 aromatic carbocycles. The second-order valence-electron chi connectivity index (χ2n) is 2.65. The first-order valence-corrected chi connectivity index (χ1v) is 4.15. The summed E-state index contributed by atoms with van der Waals surface area (Å²) >= 11 is 5.31. The fourth-order valence-electron chi connectivity index (χ4n) is 1.07. The van der Waals surface area contributed by atoms with E-state index in [0.717, 1.165) is 7.05 Å². The van der Waals surface area contributed by atoms with E-state index < -0.39 is 28.6 Å². The van der Waals surface area contributed by atoms with E-state index >= 15 is 0 Å². The minimum absolute atomic E-state index is 0.269. The number of hydrogen-bond donors (Lipinski definition) is 0. The Hall–Kier alpha value is -1.31. The summed E-state index contributed by atoms with van der Waals surface area (Å²) in [5.74, 6) is -2.60. The Kier molecular flexibility index (Phi) is 2.89. The summed E-state index contributed by atoms with van der Waals surface area (Å²) in [5, 5.41) is 10.4. The van der Waals surface area contributed by atoms with Crippen molar-refractivity contribution in [3.63, 3.8) is 0 Å². The van der Waals surface area contributed by atoms with Crippen molar-refractivity contribution in [3.05, 3.63) is 21.6 Å². The number of imidazole rings is 1. The zero-order chi connectivity index (χ0) is 11.8. The molecule has 0 saturated heterocycles. The highest BCUT2D eigenvalue weighted by atomic mass is 35.5. The highest BCUT2D eigenvalue weighted by Gasteiger charge is 2.44. The van der Waals surface area contributed by atoms with Gasteiger partial charge in [0.1, 0.15) is 5.69 Å². The fraction of sp³-hybridized carbons (Fsp3) is 0.500. The van der Waals surface area contributed by atoms with Crippen molar-refractivity contribution in [1.82, 2.24) is 9.55 Å². The van der Waals surface area contributed by atoms with Crippen molar-refractivity contribution in [2.24, 2.45) is 7.05 Å². The molecule has 15 heavy (non-hydrogen) atoms. The molecule has 1 aromatic heterocycles. The van der Waals surface area contributed by atoms with Crippen LogP contribution in [0.5, 0.6) is 0 Å². The van der Waals surface area contributed by atoms with E-state index in [1.165, 1.54) is 0 Å². The third-order valence-corrected chi connectivity index (χ3v) is 2.00. The zero-order valence-corrected chi connectivity index (χ0v) is 8.13. The molecule has 0 unspecified atom stereocenters. The molecule has 0 spiro atoms. The lowest BCUT2D eigenvalue weighted by molar-refractivity contribution is -0.390.